The van der Waals surface area contributed by atoms with Crippen LogP contribution in [0.3, 0.4) is 0 Å². The molecule has 0 amide bonds. The molecule has 0 aliphatic carbocycles. The van der Waals surface area contributed by atoms with Crippen LogP contribution in [-0.4, -0.2) is 46.7 Å². The molecule has 0 radical (unpaired) electrons. The smallest absolute Gasteiger partial charge is 0.468 e. The first-order valence-electron chi connectivity index (χ1n) is 6.50. The van der Waals surface area contributed by atoms with Gasteiger partial charge in [-0.1, -0.05) is 0 Å². The number of ether oxygens (including phenoxy) is 6. The fraction of sp³-hybridized carbons (Fsp3) is 0.500. The molecule has 1 aromatic rings. The van der Waals surface area contributed by atoms with Gasteiger partial charge in [0.1, 0.15) is 11.5 Å². The van der Waals surface area contributed by atoms with Crippen LogP contribution in [0, 0.1) is 5.92 Å². The monoisotopic (exact) mass is 298 g/mol. The maximum absolute atomic E-state index is 11.4. The van der Waals surface area contributed by atoms with Gasteiger partial charge in [-0.05, 0) is 24.3 Å². The number of carbonyl (C=O) groups is 1. The first-order chi connectivity index (χ1) is 10.3. The summed E-state index contributed by atoms with van der Waals surface area (Å²) >= 11 is 0. The van der Waals surface area contributed by atoms with E-state index in [1.54, 1.807) is 24.3 Å². The van der Waals surface area contributed by atoms with Crippen LogP contribution in [-0.2, 0) is 18.9 Å². The third-order valence-corrected chi connectivity index (χ3v) is 2.69. The first-order valence-corrected chi connectivity index (χ1v) is 6.50. The largest absolute Gasteiger partial charge is 0.515 e. The molecule has 1 saturated heterocycles. The Morgan fingerprint density at radius 1 is 1.19 bits per heavy atom. The molecule has 116 valence electrons. The molecule has 7 heteroatoms. The Hall–Kier alpha value is -1.83. The molecule has 1 heterocycles. The van der Waals surface area contributed by atoms with E-state index in [1.165, 1.54) is 7.11 Å². The maximum Gasteiger partial charge on any atom is 0.515 e. The fourth-order valence-corrected chi connectivity index (χ4v) is 1.54. The summed E-state index contributed by atoms with van der Waals surface area (Å²) in [4.78, 5) is 11.4. The first kappa shape index (κ1) is 15.6. The van der Waals surface area contributed by atoms with Gasteiger partial charge in [0.25, 0.3) is 0 Å². The Bertz CT molecular complexity index is 427. The molecular weight excluding hydrogens is 280 g/mol. The highest BCUT2D eigenvalue weighted by Crippen LogP contribution is 2.18. The average molecular weight is 298 g/mol. The minimum Gasteiger partial charge on any atom is -0.468 e. The van der Waals surface area contributed by atoms with Crippen molar-refractivity contribution in [1.29, 1.82) is 0 Å². The second-order valence-corrected chi connectivity index (χ2v) is 4.41. The van der Waals surface area contributed by atoms with Crippen molar-refractivity contribution in [3.8, 4) is 11.5 Å². The van der Waals surface area contributed by atoms with Gasteiger partial charge >= 0.3 is 6.16 Å². The average Bonchev–Trinajstić information content (AvgIpc) is 2.44. The molecule has 1 aromatic carbocycles. The topological polar surface area (TPSA) is 72.5 Å². The summed E-state index contributed by atoms with van der Waals surface area (Å²) in [5, 5.41) is 0. The summed E-state index contributed by atoms with van der Waals surface area (Å²) in [6.07, 6.45) is -0.814. The predicted molar refractivity (Wildman–Crippen MR) is 71.2 cm³/mol. The lowest BCUT2D eigenvalue weighted by atomic mass is 10.1. The van der Waals surface area contributed by atoms with Crippen molar-refractivity contribution in [3.05, 3.63) is 24.3 Å². The van der Waals surface area contributed by atoms with E-state index in [2.05, 4.69) is 0 Å². The molecule has 1 fully saturated rings. The van der Waals surface area contributed by atoms with Crippen LogP contribution < -0.4 is 9.47 Å². The van der Waals surface area contributed by atoms with Crippen molar-refractivity contribution in [2.24, 2.45) is 5.92 Å². The zero-order valence-electron chi connectivity index (χ0n) is 11.8. The molecule has 0 saturated carbocycles. The van der Waals surface area contributed by atoms with Crippen molar-refractivity contribution in [2.45, 2.75) is 0 Å². The molecule has 7 nitrogen and oxygen atoms in total. The number of rotatable bonds is 8. The predicted octanol–water partition coefficient (Wildman–Crippen LogP) is 1.81. The van der Waals surface area contributed by atoms with Crippen LogP contribution in [0.2, 0.25) is 0 Å². The molecule has 21 heavy (non-hydrogen) atoms. The van der Waals surface area contributed by atoms with E-state index in [0.717, 1.165) is 0 Å². The number of hydrogen-bond donors (Lipinski definition) is 0. The van der Waals surface area contributed by atoms with Crippen molar-refractivity contribution in [3.63, 3.8) is 0 Å². The van der Waals surface area contributed by atoms with Gasteiger partial charge in [-0.25, -0.2) is 4.79 Å². The van der Waals surface area contributed by atoms with E-state index in [4.69, 9.17) is 28.4 Å². The second-order valence-electron chi connectivity index (χ2n) is 4.41. The second kappa shape index (κ2) is 8.46. The molecule has 0 bridgehead atoms. The number of methoxy groups -OCH3 is 1. The zero-order valence-corrected chi connectivity index (χ0v) is 11.8. The molecule has 2 rings (SSSR count). The van der Waals surface area contributed by atoms with Crippen molar-refractivity contribution in [1.82, 2.24) is 0 Å². The third kappa shape index (κ3) is 5.58. The van der Waals surface area contributed by atoms with Crippen LogP contribution >= 0.6 is 0 Å². The van der Waals surface area contributed by atoms with Gasteiger partial charge in [0.15, 0.2) is 13.6 Å². The van der Waals surface area contributed by atoms with E-state index in [0.29, 0.717) is 37.2 Å². The summed E-state index contributed by atoms with van der Waals surface area (Å²) in [6, 6.07) is 6.51. The van der Waals surface area contributed by atoms with E-state index in [1.807, 2.05) is 0 Å². The Labute approximate surface area is 122 Å². The number of benzene rings is 1. The summed E-state index contributed by atoms with van der Waals surface area (Å²) in [7, 11) is 1.54. The molecule has 0 spiro atoms. The van der Waals surface area contributed by atoms with Crippen molar-refractivity contribution >= 4 is 6.16 Å². The van der Waals surface area contributed by atoms with Gasteiger partial charge < -0.3 is 28.4 Å². The highest BCUT2D eigenvalue weighted by molar-refractivity contribution is 5.63. The molecule has 1 aliphatic heterocycles. The van der Waals surface area contributed by atoms with E-state index in [9.17, 15) is 4.79 Å². The molecule has 1 aliphatic rings. The highest BCUT2D eigenvalue weighted by atomic mass is 16.8. The number of hydrogen-bond acceptors (Lipinski definition) is 7. The summed E-state index contributed by atoms with van der Waals surface area (Å²) in [5.74, 6) is 1.37. The zero-order chi connectivity index (χ0) is 14.9. The van der Waals surface area contributed by atoms with Crippen molar-refractivity contribution in [2.75, 3.05) is 40.5 Å². The fourth-order valence-electron chi connectivity index (χ4n) is 1.54. The van der Waals surface area contributed by atoms with E-state index >= 15 is 0 Å². The maximum atomic E-state index is 11.4. The van der Waals surface area contributed by atoms with Gasteiger partial charge in [-0.3, -0.25) is 0 Å². The number of carbonyl (C=O) groups excluding carboxylic acids is 1. The summed E-state index contributed by atoms with van der Waals surface area (Å²) < 4.78 is 29.9. The van der Waals surface area contributed by atoms with E-state index < -0.39 is 6.16 Å². The van der Waals surface area contributed by atoms with E-state index in [-0.39, 0.29) is 13.6 Å². The standard InChI is InChI=1S/C14H18O7/c1-16-9-19-12-2-4-13(5-3-12)21-14(15)20-10-18-8-11-6-17-7-11/h2-5,11H,6-10H2,1H3. The van der Waals surface area contributed by atoms with Crippen LogP contribution in [0.25, 0.3) is 0 Å². The van der Waals surface area contributed by atoms with Crippen LogP contribution in [0.15, 0.2) is 24.3 Å². The molecule has 0 unspecified atom stereocenters. The van der Waals surface area contributed by atoms with Gasteiger partial charge in [-0.2, -0.15) is 0 Å². The Balaban J connectivity index is 1.62. The van der Waals surface area contributed by atoms with Crippen LogP contribution in [0.4, 0.5) is 4.79 Å². The Kier molecular flexibility index (Phi) is 6.26. The van der Waals surface area contributed by atoms with Gasteiger partial charge in [-0.15, -0.1) is 0 Å². The molecule has 0 aromatic heterocycles. The van der Waals surface area contributed by atoms with Crippen LogP contribution in [0.5, 0.6) is 11.5 Å². The molecular formula is C14H18O7. The molecule has 0 atom stereocenters. The minimum atomic E-state index is -0.814. The van der Waals surface area contributed by atoms with Gasteiger partial charge in [0.2, 0.25) is 0 Å². The third-order valence-electron chi connectivity index (χ3n) is 2.69. The van der Waals surface area contributed by atoms with Gasteiger partial charge in [0, 0.05) is 13.0 Å². The quantitative estimate of drug-likeness (QED) is 0.313. The van der Waals surface area contributed by atoms with Crippen molar-refractivity contribution < 1.29 is 33.2 Å². The summed E-state index contributed by atoms with van der Waals surface area (Å²) in [6.45, 7) is 1.93. The SMILES string of the molecule is COCOc1ccc(OC(=O)OCOCC2COC2)cc1. The Morgan fingerprint density at radius 2 is 1.90 bits per heavy atom. The lowest BCUT2D eigenvalue weighted by Crippen LogP contribution is -2.32. The van der Waals surface area contributed by atoms with Crippen LogP contribution in [0.1, 0.15) is 0 Å². The Morgan fingerprint density at radius 3 is 2.52 bits per heavy atom. The lowest BCUT2D eigenvalue weighted by Gasteiger charge is -2.25. The molecule has 0 N–H and O–H groups in total. The normalized spacial score (nSPS) is 14.3. The summed E-state index contributed by atoms with van der Waals surface area (Å²) in [5.41, 5.74) is 0. The minimum absolute atomic E-state index is 0.135. The highest BCUT2D eigenvalue weighted by Gasteiger charge is 2.18. The lowest BCUT2D eigenvalue weighted by molar-refractivity contribution is -0.103. The van der Waals surface area contributed by atoms with Gasteiger partial charge in [0.05, 0.1) is 19.8 Å².